The summed E-state index contributed by atoms with van der Waals surface area (Å²) in [5.41, 5.74) is 6.44. The van der Waals surface area contributed by atoms with Crippen LogP contribution >= 0.6 is 0 Å². The Balaban J connectivity index is 0.000000399. The van der Waals surface area contributed by atoms with Crippen molar-refractivity contribution in [2.24, 2.45) is 5.73 Å². The summed E-state index contributed by atoms with van der Waals surface area (Å²) in [6.45, 7) is 4.99. The fraction of sp³-hybridized carbons (Fsp3) is 0.417. The zero-order chi connectivity index (χ0) is 15.2. The number of carbonyl (C=O) groups excluding carboxylic acids is 1. The molecule has 1 rings (SSSR count). The molecule has 0 heterocycles. The van der Waals surface area contributed by atoms with Crippen LogP contribution in [0.3, 0.4) is 0 Å². The van der Waals surface area contributed by atoms with Crippen molar-refractivity contribution < 1.29 is 22.5 Å². The van der Waals surface area contributed by atoms with Gasteiger partial charge in [0, 0.05) is 0 Å². The molecule has 6 nitrogen and oxygen atoms in total. The quantitative estimate of drug-likeness (QED) is 0.622. The van der Waals surface area contributed by atoms with Gasteiger partial charge in [0.05, 0.1) is 12.0 Å². The summed E-state index contributed by atoms with van der Waals surface area (Å²) in [7, 11) is -2.74. The highest BCUT2D eigenvalue weighted by molar-refractivity contribution is 7.85. The molecular formula is C12H19NO5S. The Labute approximate surface area is 113 Å². The molecule has 7 heteroatoms. The fourth-order valence-electron chi connectivity index (χ4n) is 1.17. The van der Waals surface area contributed by atoms with Gasteiger partial charge < -0.3 is 10.5 Å². The number of hydrogen-bond acceptors (Lipinski definition) is 5. The molecule has 19 heavy (non-hydrogen) atoms. The molecule has 0 saturated heterocycles. The minimum absolute atomic E-state index is 0.0116. The molecule has 0 amide bonds. The smallest absolute Gasteiger partial charge is 0.322 e. The van der Waals surface area contributed by atoms with Gasteiger partial charge in [0.1, 0.15) is 6.04 Å². The van der Waals surface area contributed by atoms with E-state index in [1.54, 1.807) is 32.9 Å². The number of aryl methyl sites for hydroxylation is 2. The van der Waals surface area contributed by atoms with Crippen LogP contribution in [0, 0.1) is 13.8 Å². The van der Waals surface area contributed by atoms with Crippen molar-refractivity contribution in [3.8, 4) is 0 Å². The maximum absolute atomic E-state index is 10.8. The van der Waals surface area contributed by atoms with E-state index in [1.165, 1.54) is 13.2 Å². The summed E-state index contributed by atoms with van der Waals surface area (Å²) in [6, 6.07) is 4.41. The number of ether oxygens (including phenoxy) is 1. The van der Waals surface area contributed by atoms with E-state index in [1.807, 2.05) is 0 Å². The third-order valence-electron chi connectivity index (χ3n) is 2.19. The van der Waals surface area contributed by atoms with Crippen LogP contribution in [0.4, 0.5) is 0 Å². The molecule has 3 N–H and O–H groups in total. The predicted octanol–water partition coefficient (Wildman–Crippen LogP) is 1.06. The fourth-order valence-corrected chi connectivity index (χ4v) is 1.98. The Bertz CT molecular complexity index is 537. The summed E-state index contributed by atoms with van der Waals surface area (Å²) in [6.07, 6.45) is 0. The Hall–Kier alpha value is -1.44. The Morgan fingerprint density at radius 2 is 1.89 bits per heavy atom. The molecule has 108 valence electrons. The van der Waals surface area contributed by atoms with Crippen molar-refractivity contribution in [1.82, 2.24) is 0 Å². The highest BCUT2D eigenvalue weighted by Crippen LogP contribution is 2.15. The Morgan fingerprint density at radius 1 is 1.37 bits per heavy atom. The van der Waals surface area contributed by atoms with Gasteiger partial charge in [0.25, 0.3) is 10.1 Å². The molecule has 0 radical (unpaired) electrons. The van der Waals surface area contributed by atoms with Gasteiger partial charge in [-0.1, -0.05) is 12.1 Å². The van der Waals surface area contributed by atoms with Gasteiger partial charge in [-0.15, -0.1) is 0 Å². The lowest BCUT2D eigenvalue weighted by Crippen LogP contribution is -2.27. The van der Waals surface area contributed by atoms with E-state index in [2.05, 4.69) is 4.74 Å². The van der Waals surface area contributed by atoms with Gasteiger partial charge in [-0.05, 0) is 38.0 Å². The first kappa shape index (κ1) is 17.6. The van der Waals surface area contributed by atoms with Gasteiger partial charge >= 0.3 is 5.97 Å². The molecule has 0 spiro atoms. The molecule has 0 bridgehead atoms. The van der Waals surface area contributed by atoms with Gasteiger partial charge in [0.15, 0.2) is 0 Å². The van der Waals surface area contributed by atoms with Crippen molar-refractivity contribution in [2.45, 2.75) is 31.7 Å². The van der Waals surface area contributed by atoms with E-state index in [0.29, 0.717) is 5.56 Å². The number of esters is 1. The summed E-state index contributed by atoms with van der Waals surface area (Å²) in [5, 5.41) is 0. The first-order chi connectivity index (χ1) is 8.59. The monoisotopic (exact) mass is 289 g/mol. The lowest BCUT2D eigenvalue weighted by atomic mass is 10.2. The van der Waals surface area contributed by atoms with E-state index >= 15 is 0 Å². The molecule has 1 aromatic rings. The van der Waals surface area contributed by atoms with Crippen LogP contribution < -0.4 is 5.73 Å². The van der Waals surface area contributed by atoms with Crippen LogP contribution in [0.2, 0.25) is 0 Å². The highest BCUT2D eigenvalue weighted by Gasteiger charge is 2.12. The molecule has 0 aromatic heterocycles. The number of benzene rings is 1. The average Bonchev–Trinajstić information content (AvgIpc) is 2.30. The molecule has 1 atom stereocenters. The molecular weight excluding hydrogens is 270 g/mol. The number of methoxy groups -OCH3 is 1. The average molecular weight is 289 g/mol. The zero-order valence-electron chi connectivity index (χ0n) is 11.4. The third kappa shape index (κ3) is 6.32. The summed E-state index contributed by atoms with van der Waals surface area (Å²) in [4.78, 5) is 10.2. The second-order valence-corrected chi connectivity index (χ2v) is 5.45. The molecule has 0 aliphatic rings. The minimum atomic E-state index is -4.06. The van der Waals surface area contributed by atoms with E-state index in [0.717, 1.165) is 5.56 Å². The molecule has 0 aliphatic heterocycles. The van der Waals surface area contributed by atoms with Gasteiger partial charge in [-0.2, -0.15) is 8.42 Å². The number of rotatable bonds is 2. The van der Waals surface area contributed by atoms with Crippen LogP contribution in [0.1, 0.15) is 18.1 Å². The van der Waals surface area contributed by atoms with Crippen molar-refractivity contribution in [3.05, 3.63) is 29.3 Å². The molecule has 0 fully saturated rings. The van der Waals surface area contributed by atoms with Crippen LogP contribution in [-0.4, -0.2) is 32.1 Å². The Morgan fingerprint density at radius 3 is 2.16 bits per heavy atom. The standard InChI is InChI=1S/C8H10O3S.C4H9NO2/c1-6-3-4-7(2)8(5-6)12(9,10)11;1-3(5)4(6)7-2/h3-5H,1-2H3,(H,9,10,11);3H,5H2,1-2H3. The maximum Gasteiger partial charge on any atom is 0.322 e. The topological polar surface area (TPSA) is 107 Å². The number of hydrogen-bond donors (Lipinski definition) is 2. The van der Waals surface area contributed by atoms with E-state index in [4.69, 9.17) is 10.3 Å². The summed E-state index contributed by atoms with van der Waals surface area (Å²) >= 11 is 0. The van der Waals surface area contributed by atoms with Crippen molar-refractivity contribution in [2.75, 3.05) is 7.11 Å². The predicted molar refractivity (Wildman–Crippen MR) is 71.4 cm³/mol. The van der Waals surface area contributed by atoms with Crippen molar-refractivity contribution in [3.63, 3.8) is 0 Å². The highest BCUT2D eigenvalue weighted by atomic mass is 32.2. The van der Waals surface area contributed by atoms with Crippen LogP contribution in [0.15, 0.2) is 23.1 Å². The van der Waals surface area contributed by atoms with Crippen molar-refractivity contribution in [1.29, 1.82) is 0 Å². The first-order valence-electron chi connectivity index (χ1n) is 5.47. The van der Waals surface area contributed by atoms with Crippen molar-refractivity contribution >= 4 is 16.1 Å². The minimum Gasteiger partial charge on any atom is -0.468 e. The van der Waals surface area contributed by atoms with Crippen LogP contribution in [-0.2, 0) is 19.6 Å². The largest absolute Gasteiger partial charge is 0.468 e. The van der Waals surface area contributed by atoms with E-state index < -0.39 is 16.2 Å². The molecule has 1 unspecified atom stereocenters. The second-order valence-electron chi connectivity index (χ2n) is 4.06. The van der Waals surface area contributed by atoms with Gasteiger partial charge in [-0.25, -0.2) is 0 Å². The number of nitrogens with two attached hydrogens (primary N) is 1. The number of carbonyl (C=O) groups is 1. The van der Waals surface area contributed by atoms with E-state index in [-0.39, 0.29) is 10.9 Å². The molecule has 0 saturated carbocycles. The van der Waals surface area contributed by atoms with E-state index in [9.17, 15) is 13.2 Å². The van der Waals surface area contributed by atoms with Gasteiger partial charge in [-0.3, -0.25) is 9.35 Å². The molecule has 0 aliphatic carbocycles. The first-order valence-corrected chi connectivity index (χ1v) is 6.91. The second kappa shape index (κ2) is 7.22. The lowest BCUT2D eigenvalue weighted by Gasteiger charge is -2.02. The van der Waals surface area contributed by atoms with Gasteiger partial charge in [0.2, 0.25) is 0 Å². The third-order valence-corrected chi connectivity index (χ3v) is 3.19. The maximum atomic E-state index is 10.8. The summed E-state index contributed by atoms with van der Waals surface area (Å²) in [5.74, 6) is -0.375. The summed E-state index contributed by atoms with van der Waals surface area (Å²) < 4.78 is 34.5. The molecule has 1 aromatic carbocycles. The van der Waals surface area contributed by atoms with Crippen LogP contribution in [0.25, 0.3) is 0 Å². The van der Waals surface area contributed by atoms with Crippen LogP contribution in [0.5, 0.6) is 0 Å². The zero-order valence-corrected chi connectivity index (χ0v) is 12.2. The SMILES string of the molecule is COC(=O)C(C)N.Cc1ccc(C)c(S(=O)(=O)O)c1. The lowest BCUT2D eigenvalue weighted by molar-refractivity contribution is -0.141. The normalized spacial score (nSPS) is 12.1. The Kier molecular flexibility index (Phi) is 6.68.